The van der Waals surface area contributed by atoms with Crippen LogP contribution >= 0.6 is 0 Å². The third-order valence-corrected chi connectivity index (χ3v) is 5.97. The number of aryl methyl sites for hydroxylation is 2. The number of hydrogen-bond acceptors (Lipinski definition) is 1. The van der Waals surface area contributed by atoms with Crippen molar-refractivity contribution in [2.45, 2.75) is 64.8 Å². The molecule has 0 aliphatic heterocycles. The predicted octanol–water partition coefficient (Wildman–Crippen LogP) is 5.17. The van der Waals surface area contributed by atoms with Gasteiger partial charge in [-0.2, -0.15) is 0 Å². The average molecular weight is 285 g/mol. The molecule has 1 nitrogen and oxygen atoms in total. The Morgan fingerprint density at radius 1 is 0.905 bits per heavy atom. The summed E-state index contributed by atoms with van der Waals surface area (Å²) >= 11 is 0. The largest absolute Gasteiger partial charge is 0.313 e. The van der Waals surface area contributed by atoms with Crippen LogP contribution in [0.1, 0.15) is 67.7 Å². The van der Waals surface area contributed by atoms with E-state index in [1.807, 2.05) is 0 Å². The molecule has 2 saturated carbocycles. The number of rotatable bonds is 3. The molecule has 4 atom stereocenters. The molecule has 1 aromatic rings. The Morgan fingerprint density at radius 2 is 1.57 bits per heavy atom. The van der Waals surface area contributed by atoms with Gasteiger partial charge in [-0.05, 0) is 63.5 Å². The quantitative estimate of drug-likeness (QED) is 0.808. The number of hydrogen-bond donors (Lipinski definition) is 1. The number of nitrogens with one attached hydrogen (secondary N) is 1. The molecule has 4 unspecified atom stereocenters. The zero-order valence-electron chi connectivity index (χ0n) is 14.0. The standard InChI is InChI=1S/C20H31N/c1-14-10-15(2)12-19(11-14)20(21-3)18-9-8-16-6-4-5-7-17(16)13-18/h10-12,16-18,20-21H,4-9,13H2,1-3H3. The van der Waals surface area contributed by atoms with E-state index in [2.05, 4.69) is 44.4 Å². The van der Waals surface area contributed by atoms with Gasteiger partial charge >= 0.3 is 0 Å². The van der Waals surface area contributed by atoms with Crippen LogP contribution in [0.4, 0.5) is 0 Å². The van der Waals surface area contributed by atoms with E-state index < -0.39 is 0 Å². The highest BCUT2D eigenvalue weighted by Gasteiger charge is 2.35. The summed E-state index contributed by atoms with van der Waals surface area (Å²) in [6.45, 7) is 4.45. The van der Waals surface area contributed by atoms with E-state index in [0.717, 1.165) is 17.8 Å². The fourth-order valence-electron chi connectivity index (χ4n) is 5.08. The molecule has 0 saturated heterocycles. The van der Waals surface area contributed by atoms with Gasteiger partial charge < -0.3 is 5.32 Å². The SMILES string of the molecule is CNC(c1cc(C)cc(C)c1)C1CCC2CCCCC2C1. The van der Waals surface area contributed by atoms with Crippen molar-refractivity contribution >= 4 is 0 Å². The van der Waals surface area contributed by atoms with Crippen LogP contribution in [0.2, 0.25) is 0 Å². The normalized spacial score (nSPS) is 30.7. The maximum atomic E-state index is 3.64. The molecular weight excluding hydrogens is 254 g/mol. The van der Waals surface area contributed by atoms with E-state index in [9.17, 15) is 0 Å². The molecule has 0 amide bonds. The summed E-state index contributed by atoms with van der Waals surface area (Å²) in [5.41, 5.74) is 4.31. The highest BCUT2D eigenvalue weighted by atomic mass is 14.9. The van der Waals surface area contributed by atoms with Gasteiger partial charge in [-0.3, -0.25) is 0 Å². The van der Waals surface area contributed by atoms with E-state index in [1.54, 1.807) is 0 Å². The van der Waals surface area contributed by atoms with Crippen LogP contribution in [0.3, 0.4) is 0 Å². The van der Waals surface area contributed by atoms with Crippen LogP contribution in [-0.2, 0) is 0 Å². The van der Waals surface area contributed by atoms with Crippen LogP contribution < -0.4 is 5.32 Å². The fourth-order valence-corrected chi connectivity index (χ4v) is 5.08. The summed E-state index contributed by atoms with van der Waals surface area (Å²) in [5.74, 6) is 2.89. The monoisotopic (exact) mass is 285 g/mol. The molecule has 3 rings (SSSR count). The third-order valence-electron chi connectivity index (χ3n) is 5.97. The zero-order valence-corrected chi connectivity index (χ0v) is 14.0. The Morgan fingerprint density at radius 3 is 2.24 bits per heavy atom. The topological polar surface area (TPSA) is 12.0 Å². The minimum atomic E-state index is 0.548. The van der Waals surface area contributed by atoms with Crippen molar-refractivity contribution < 1.29 is 0 Å². The van der Waals surface area contributed by atoms with Gasteiger partial charge in [-0.1, -0.05) is 55.0 Å². The minimum Gasteiger partial charge on any atom is -0.313 e. The Balaban J connectivity index is 1.76. The molecule has 1 heteroatoms. The molecule has 1 aromatic carbocycles. The lowest BCUT2D eigenvalue weighted by atomic mass is 9.65. The van der Waals surface area contributed by atoms with Gasteiger partial charge in [0.25, 0.3) is 0 Å². The Labute approximate surface area is 130 Å². The van der Waals surface area contributed by atoms with E-state index in [1.165, 1.54) is 61.6 Å². The van der Waals surface area contributed by atoms with Crippen molar-refractivity contribution in [1.29, 1.82) is 0 Å². The van der Waals surface area contributed by atoms with Gasteiger partial charge in [0, 0.05) is 6.04 Å². The molecule has 116 valence electrons. The molecule has 2 aliphatic rings. The van der Waals surface area contributed by atoms with Crippen molar-refractivity contribution in [3.63, 3.8) is 0 Å². The maximum Gasteiger partial charge on any atom is 0.0346 e. The molecule has 0 bridgehead atoms. The molecule has 2 fully saturated rings. The second-order valence-electron chi connectivity index (χ2n) is 7.57. The second-order valence-corrected chi connectivity index (χ2v) is 7.57. The molecule has 0 radical (unpaired) electrons. The summed E-state index contributed by atoms with van der Waals surface area (Å²) < 4.78 is 0. The maximum absolute atomic E-state index is 3.64. The Kier molecular flexibility index (Phi) is 4.69. The van der Waals surface area contributed by atoms with Gasteiger partial charge in [0.05, 0.1) is 0 Å². The number of fused-ring (bicyclic) bond motifs is 1. The zero-order chi connectivity index (χ0) is 14.8. The van der Waals surface area contributed by atoms with Crippen molar-refractivity contribution in [3.8, 4) is 0 Å². The minimum absolute atomic E-state index is 0.548. The first-order valence-electron chi connectivity index (χ1n) is 8.93. The van der Waals surface area contributed by atoms with Crippen LogP contribution in [0, 0.1) is 31.6 Å². The van der Waals surface area contributed by atoms with E-state index in [0.29, 0.717) is 6.04 Å². The van der Waals surface area contributed by atoms with Crippen LogP contribution in [-0.4, -0.2) is 7.05 Å². The van der Waals surface area contributed by atoms with Crippen LogP contribution in [0.5, 0.6) is 0 Å². The Bertz CT molecular complexity index is 458. The van der Waals surface area contributed by atoms with Gasteiger partial charge in [0.15, 0.2) is 0 Å². The summed E-state index contributed by atoms with van der Waals surface area (Å²) in [6.07, 6.45) is 10.3. The molecule has 21 heavy (non-hydrogen) atoms. The van der Waals surface area contributed by atoms with E-state index >= 15 is 0 Å². The molecular formula is C20H31N. The van der Waals surface area contributed by atoms with Crippen LogP contribution in [0.25, 0.3) is 0 Å². The lowest BCUT2D eigenvalue weighted by Gasteiger charge is -2.42. The second kappa shape index (κ2) is 6.52. The van der Waals surface area contributed by atoms with Gasteiger partial charge in [-0.25, -0.2) is 0 Å². The lowest BCUT2D eigenvalue weighted by Crippen LogP contribution is -2.34. The van der Waals surface area contributed by atoms with Gasteiger partial charge in [-0.15, -0.1) is 0 Å². The fraction of sp³-hybridized carbons (Fsp3) is 0.700. The van der Waals surface area contributed by atoms with Crippen molar-refractivity contribution in [2.24, 2.45) is 17.8 Å². The number of benzene rings is 1. The lowest BCUT2D eigenvalue weighted by molar-refractivity contribution is 0.111. The van der Waals surface area contributed by atoms with Crippen molar-refractivity contribution in [3.05, 3.63) is 34.9 Å². The van der Waals surface area contributed by atoms with Crippen molar-refractivity contribution in [1.82, 2.24) is 5.32 Å². The summed E-state index contributed by atoms with van der Waals surface area (Å²) in [5, 5.41) is 3.64. The van der Waals surface area contributed by atoms with Gasteiger partial charge in [0.2, 0.25) is 0 Å². The molecule has 0 heterocycles. The molecule has 2 aliphatic carbocycles. The molecule has 0 aromatic heterocycles. The van der Waals surface area contributed by atoms with Crippen LogP contribution in [0.15, 0.2) is 18.2 Å². The highest BCUT2D eigenvalue weighted by molar-refractivity contribution is 5.31. The van der Waals surface area contributed by atoms with Gasteiger partial charge in [0.1, 0.15) is 0 Å². The third kappa shape index (κ3) is 3.34. The summed E-state index contributed by atoms with van der Waals surface area (Å²) in [4.78, 5) is 0. The average Bonchev–Trinajstić information content (AvgIpc) is 2.47. The first kappa shape index (κ1) is 15.1. The first-order chi connectivity index (χ1) is 10.2. The Hall–Kier alpha value is -0.820. The van der Waals surface area contributed by atoms with Crippen molar-refractivity contribution in [2.75, 3.05) is 7.05 Å². The highest BCUT2D eigenvalue weighted by Crippen LogP contribution is 2.46. The van der Waals surface area contributed by atoms with E-state index in [4.69, 9.17) is 0 Å². The predicted molar refractivity (Wildman–Crippen MR) is 90.5 cm³/mol. The summed E-state index contributed by atoms with van der Waals surface area (Å²) in [6, 6.07) is 7.61. The summed E-state index contributed by atoms with van der Waals surface area (Å²) in [7, 11) is 2.15. The van der Waals surface area contributed by atoms with E-state index in [-0.39, 0.29) is 0 Å². The first-order valence-corrected chi connectivity index (χ1v) is 8.93. The molecule has 0 spiro atoms. The molecule has 1 N–H and O–H groups in total. The smallest absolute Gasteiger partial charge is 0.0346 e.